The summed E-state index contributed by atoms with van der Waals surface area (Å²) in [4.78, 5) is 0. The molecule has 4 nitrogen and oxygen atoms in total. The standard InChI is InChI=1S/C12H22N2O2/c1-8-9(2)16-10(3)12(8)11(14-13)6-5-7-15-4/h11,14H,5-7,13H2,1-4H3. The summed E-state index contributed by atoms with van der Waals surface area (Å²) >= 11 is 0. The number of hydrogen-bond donors (Lipinski definition) is 2. The SMILES string of the molecule is COCCCC(NN)c1c(C)oc(C)c1C. The number of ether oxygens (including phenoxy) is 1. The van der Waals surface area contributed by atoms with Crippen LogP contribution in [-0.2, 0) is 4.74 Å². The highest BCUT2D eigenvalue weighted by molar-refractivity contribution is 5.34. The molecule has 0 aromatic carbocycles. The molecule has 16 heavy (non-hydrogen) atoms. The fourth-order valence-corrected chi connectivity index (χ4v) is 2.06. The Morgan fingerprint density at radius 1 is 1.31 bits per heavy atom. The molecule has 92 valence electrons. The smallest absolute Gasteiger partial charge is 0.106 e. The van der Waals surface area contributed by atoms with Crippen molar-refractivity contribution < 1.29 is 9.15 Å². The van der Waals surface area contributed by atoms with Crippen molar-refractivity contribution in [3.63, 3.8) is 0 Å². The molecular weight excluding hydrogens is 204 g/mol. The molecule has 0 aliphatic rings. The van der Waals surface area contributed by atoms with E-state index in [0.717, 1.165) is 31.0 Å². The number of rotatable bonds is 6. The third kappa shape index (κ3) is 2.84. The van der Waals surface area contributed by atoms with Gasteiger partial charge in [0.2, 0.25) is 0 Å². The minimum absolute atomic E-state index is 0.146. The van der Waals surface area contributed by atoms with Crippen LogP contribution in [0.5, 0.6) is 0 Å². The number of nitrogens with one attached hydrogen (secondary N) is 1. The summed E-state index contributed by atoms with van der Waals surface area (Å²) in [6.07, 6.45) is 1.93. The van der Waals surface area contributed by atoms with Crippen molar-refractivity contribution in [1.82, 2.24) is 5.43 Å². The molecule has 0 amide bonds. The fourth-order valence-electron chi connectivity index (χ4n) is 2.06. The Kier molecular flexibility index (Phi) is 4.99. The lowest BCUT2D eigenvalue weighted by atomic mass is 9.99. The lowest BCUT2D eigenvalue weighted by molar-refractivity contribution is 0.188. The van der Waals surface area contributed by atoms with Gasteiger partial charge in [-0.25, -0.2) is 0 Å². The van der Waals surface area contributed by atoms with Crippen molar-refractivity contribution in [3.8, 4) is 0 Å². The van der Waals surface area contributed by atoms with E-state index in [2.05, 4.69) is 12.3 Å². The molecule has 1 unspecified atom stereocenters. The summed E-state index contributed by atoms with van der Waals surface area (Å²) in [7, 11) is 1.71. The molecule has 1 atom stereocenters. The lowest BCUT2D eigenvalue weighted by Gasteiger charge is -2.16. The average molecular weight is 226 g/mol. The normalized spacial score (nSPS) is 13.1. The monoisotopic (exact) mass is 226 g/mol. The van der Waals surface area contributed by atoms with Gasteiger partial charge in [0.1, 0.15) is 11.5 Å². The first-order chi connectivity index (χ1) is 7.61. The predicted molar refractivity (Wildman–Crippen MR) is 64.1 cm³/mol. The van der Waals surface area contributed by atoms with Gasteiger partial charge in [0.15, 0.2) is 0 Å². The van der Waals surface area contributed by atoms with Crippen LogP contribution in [0.1, 0.15) is 41.5 Å². The Morgan fingerprint density at radius 3 is 2.44 bits per heavy atom. The molecule has 0 bridgehead atoms. The summed E-state index contributed by atoms with van der Waals surface area (Å²) < 4.78 is 10.7. The van der Waals surface area contributed by atoms with Crippen molar-refractivity contribution in [2.45, 2.75) is 39.7 Å². The number of hydrazine groups is 1. The molecule has 0 radical (unpaired) electrons. The lowest BCUT2D eigenvalue weighted by Crippen LogP contribution is -2.29. The van der Waals surface area contributed by atoms with E-state index in [9.17, 15) is 0 Å². The third-order valence-electron chi connectivity index (χ3n) is 3.01. The minimum atomic E-state index is 0.146. The molecule has 0 saturated heterocycles. The summed E-state index contributed by atoms with van der Waals surface area (Å²) in [5, 5.41) is 0. The van der Waals surface area contributed by atoms with Crippen LogP contribution in [0, 0.1) is 20.8 Å². The largest absolute Gasteiger partial charge is 0.466 e. The topological polar surface area (TPSA) is 60.4 Å². The van der Waals surface area contributed by atoms with Gasteiger partial charge in [0.25, 0.3) is 0 Å². The fraction of sp³-hybridized carbons (Fsp3) is 0.667. The van der Waals surface area contributed by atoms with Crippen LogP contribution in [0.2, 0.25) is 0 Å². The van der Waals surface area contributed by atoms with Crippen LogP contribution in [0.4, 0.5) is 0 Å². The summed E-state index contributed by atoms with van der Waals surface area (Å²) in [5.41, 5.74) is 5.24. The van der Waals surface area contributed by atoms with Crippen molar-refractivity contribution in [1.29, 1.82) is 0 Å². The van der Waals surface area contributed by atoms with Gasteiger partial charge in [-0.1, -0.05) is 0 Å². The number of aryl methyl sites for hydroxylation is 2. The zero-order valence-electron chi connectivity index (χ0n) is 10.6. The second-order valence-corrected chi connectivity index (χ2v) is 4.11. The maximum atomic E-state index is 5.61. The van der Waals surface area contributed by atoms with Crippen LogP contribution in [0.3, 0.4) is 0 Å². The quantitative estimate of drug-likeness (QED) is 0.443. The Labute approximate surface area is 97.1 Å². The molecule has 0 saturated carbocycles. The Bertz CT molecular complexity index is 334. The average Bonchev–Trinajstić information content (AvgIpc) is 2.50. The van der Waals surface area contributed by atoms with Gasteiger partial charge >= 0.3 is 0 Å². The maximum Gasteiger partial charge on any atom is 0.106 e. The van der Waals surface area contributed by atoms with E-state index in [1.54, 1.807) is 7.11 Å². The first kappa shape index (κ1) is 13.2. The van der Waals surface area contributed by atoms with E-state index in [0.29, 0.717) is 0 Å². The van der Waals surface area contributed by atoms with Gasteiger partial charge in [-0.15, -0.1) is 0 Å². The molecule has 1 aromatic heterocycles. The molecular formula is C12H22N2O2. The highest BCUT2D eigenvalue weighted by Gasteiger charge is 2.19. The Morgan fingerprint density at radius 2 is 2.00 bits per heavy atom. The van der Waals surface area contributed by atoms with Gasteiger partial charge < -0.3 is 9.15 Å². The highest BCUT2D eigenvalue weighted by Crippen LogP contribution is 2.29. The van der Waals surface area contributed by atoms with Gasteiger partial charge in [0.05, 0.1) is 0 Å². The number of hydrogen-bond acceptors (Lipinski definition) is 4. The first-order valence-electron chi connectivity index (χ1n) is 5.63. The third-order valence-corrected chi connectivity index (χ3v) is 3.01. The molecule has 0 spiro atoms. The van der Waals surface area contributed by atoms with Crippen LogP contribution >= 0.6 is 0 Å². The molecule has 1 heterocycles. The van der Waals surface area contributed by atoms with E-state index >= 15 is 0 Å². The van der Waals surface area contributed by atoms with Crippen LogP contribution in [0.15, 0.2) is 4.42 Å². The minimum Gasteiger partial charge on any atom is -0.466 e. The van der Waals surface area contributed by atoms with E-state index in [-0.39, 0.29) is 6.04 Å². The van der Waals surface area contributed by atoms with Crippen molar-refractivity contribution in [3.05, 3.63) is 22.6 Å². The van der Waals surface area contributed by atoms with Gasteiger partial charge in [-0.05, 0) is 39.2 Å². The summed E-state index contributed by atoms with van der Waals surface area (Å²) in [5.74, 6) is 7.53. The van der Waals surface area contributed by atoms with Crippen molar-refractivity contribution in [2.75, 3.05) is 13.7 Å². The van der Waals surface area contributed by atoms with E-state index < -0.39 is 0 Å². The molecule has 0 aliphatic heterocycles. The Balaban J connectivity index is 2.78. The summed E-state index contributed by atoms with van der Waals surface area (Å²) in [6, 6.07) is 0.146. The molecule has 1 rings (SSSR count). The van der Waals surface area contributed by atoms with Crippen molar-refractivity contribution in [2.24, 2.45) is 5.84 Å². The highest BCUT2D eigenvalue weighted by atomic mass is 16.5. The molecule has 1 aromatic rings. The van der Waals surface area contributed by atoms with E-state index in [1.165, 1.54) is 11.1 Å². The maximum absolute atomic E-state index is 5.61. The second kappa shape index (κ2) is 6.03. The predicted octanol–water partition coefficient (Wildman–Crippen LogP) is 2.14. The van der Waals surface area contributed by atoms with Crippen LogP contribution < -0.4 is 11.3 Å². The zero-order valence-corrected chi connectivity index (χ0v) is 10.6. The van der Waals surface area contributed by atoms with Gasteiger partial charge in [-0.2, -0.15) is 0 Å². The van der Waals surface area contributed by atoms with Gasteiger partial charge in [-0.3, -0.25) is 11.3 Å². The van der Waals surface area contributed by atoms with Gasteiger partial charge in [0, 0.05) is 25.3 Å². The second-order valence-electron chi connectivity index (χ2n) is 4.11. The molecule has 0 fully saturated rings. The van der Waals surface area contributed by atoms with Crippen molar-refractivity contribution >= 4 is 0 Å². The summed E-state index contributed by atoms with van der Waals surface area (Å²) in [6.45, 7) is 6.79. The number of methoxy groups -OCH3 is 1. The Hall–Kier alpha value is -0.840. The first-order valence-corrected chi connectivity index (χ1v) is 5.63. The number of furan rings is 1. The van der Waals surface area contributed by atoms with Crippen LogP contribution in [-0.4, -0.2) is 13.7 Å². The molecule has 0 aliphatic carbocycles. The van der Waals surface area contributed by atoms with E-state index in [4.69, 9.17) is 15.0 Å². The van der Waals surface area contributed by atoms with Crippen LogP contribution in [0.25, 0.3) is 0 Å². The molecule has 3 N–H and O–H groups in total. The molecule has 4 heteroatoms. The zero-order chi connectivity index (χ0) is 12.1. The number of nitrogens with two attached hydrogens (primary N) is 1. The van der Waals surface area contributed by atoms with E-state index in [1.807, 2.05) is 13.8 Å².